The lowest BCUT2D eigenvalue weighted by atomic mass is 9.71. The highest BCUT2D eigenvalue weighted by molar-refractivity contribution is 4.99. The number of piperidine rings is 1. The Labute approximate surface area is 101 Å². The molecule has 2 rings (SSSR count). The van der Waals surface area contributed by atoms with Gasteiger partial charge in [-0.1, -0.05) is 13.8 Å². The predicted molar refractivity (Wildman–Crippen MR) is 69.7 cm³/mol. The molecule has 0 aromatic carbocycles. The summed E-state index contributed by atoms with van der Waals surface area (Å²) < 4.78 is 0. The Kier molecular flexibility index (Phi) is 3.60. The van der Waals surface area contributed by atoms with Crippen LogP contribution in [0.15, 0.2) is 0 Å². The van der Waals surface area contributed by atoms with Crippen molar-refractivity contribution >= 4 is 0 Å². The van der Waals surface area contributed by atoms with Gasteiger partial charge < -0.3 is 4.90 Å². The first-order chi connectivity index (χ1) is 7.51. The summed E-state index contributed by atoms with van der Waals surface area (Å²) in [5.41, 5.74) is 0.706. The van der Waals surface area contributed by atoms with Gasteiger partial charge in [0, 0.05) is 25.7 Å². The van der Waals surface area contributed by atoms with Crippen LogP contribution in [0.1, 0.15) is 40.5 Å². The number of rotatable bonds is 3. The molecule has 0 unspecified atom stereocenters. The summed E-state index contributed by atoms with van der Waals surface area (Å²) in [6.45, 7) is 16.0. The fourth-order valence-electron chi connectivity index (χ4n) is 3.22. The number of hydrogen-bond acceptors (Lipinski definition) is 2. The normalized spacial score (nSPS) is 26.6. The van der Waals surface area contributed by atoms with E-state index >= 15 is 0 Å². The fraction of sp³-hybridized carbons (Fsp3) is 1.00. The molecular weight excluding hydrogens is 196 g/mol. The molecule has 0 bridgehead atoms. The van der Waals surface area contributed by atoms with Crippen LogP contribution in [0.3, 0.4) is 0 Å². The average molecular weight is 224 g/mol. The summed E-state index contributed by atoms with van der Waals surface area (Å²) in [6.07, 6.45) is 2.87. The van der Waals surface area contributed by atoms with Gasteiger partial charge in [0.2, 0.25) is 0 Å². The molecular formula is C14H28N2. The van der Waals surface area contributed by atoms with Crippen LogP contribution in [0.5, 0.6) is 0 Å². The minimum Gasteiger partial charge on any atom is -0.303 e. The third-order valence-electron chi connectivity index (χ3n) is 4.35. The minimum absolute atomic E-state index is 0.706. The van der Waals surface area contributed by atoms with Gasteiger partial charge in [0.15, 0.2) is 0 Å². The summed E-state index contributed by atoms with van der Waals surface area (Å²) in [5, 5.41) is 0. The van der Waals surface area contributed by atoms with Gasteiger partial charge in [-0.15, -0.1) is 0 Å². The van der Waals surface area contributed by atoms with Crippen LogP contribution in [0.2, 0.25) is 0 Å². The van der Waals surface area contributed by atoms with Crippen molar-refractivity contribution in [2.45, 2.75) is 46.6 Å². The van der Waals surface area contributed by atoms with Gasteiger partial charge >= 0.3 is 0 Å². The lowest BCUT2D eigenvalue weighted by Gasteiger charge is -2.55. The molecule has 2 heterocycles. The Morgan fingerprint density at radius 1 is 1.00 bits per heavy atom. The smallest absolute Gasteiger partial charge is 0.00541 e. The Morgan fingerprint density at radius 2 is 1.56 bits per heavy atom. The lowest BCUT2D eigenvalue weighted by Crippen LogP contribution is -2.62. The molecule has 0 radical (unpaired) electrons. The molecule has 0 aromatic heterocycles. The zero-order valence-electron chi connectivity index (χ0n) is 11.5. The molecule has 2 saturated heterocycles. The molecule has 0 atom stereocenters. The van der Waals surface area contributed by atoms with Gasteiger partial charge in [0.1, 0.15) is 0 Å². The highest BCUT2D eigenvalue weighted by atomic mass is 15.2. The first kappa shape index (κ1) is 12.4. The third kappa shape index (κ3) is 2.60. The zero-order valence-corrected chi connectivity index (χ0v) is 11.5. The van der Waals surface area contributed by atoms with E-state index in [1.807, 2.05) is 0 Å². The molecule has 0 aromatic rings. The molecule has 2 aliphatic rings. The summed E-state index contributed by atoms with van der Waals surface area (Å²) in [5.74, 6) is 0.822. The Morgan fingerprint density at radius 3 is 2.00 bits per heavy atom. The maximum Gasteiger partial charge on any atom is 0.00541 e. The second-order valence-electron chi connectivity index (χ2n) is 6.69. The van der Waals surface area contributed by atoms with E-state index in [1.54, 1.807) is 0 Å². The van der Waals surface area contributed by atoms with Crippen LogP contribution in [-0.2, 0) is 0 Å². The molecule has 0 aliphatic carbocycles. The molecule has 0 amide bonds. The lowest BCUT2D eigenvalue weighted by molar-refractivity contribution is -0.0633. The van der Waals surface area contributed by atoms with Gasteiger partial charge in [-0.3, -0.25) is 4.90 Å². The average Bonchev–Trinajstić information content (AvgIpc) is 2.14. The summed E-state index contributed by atoms with van der Waals surface area (Å²) in [4.78, 5) is 5.28. The molecule has 2 nitrogen and oxygen atoms in total. The van der Waals surface area contributed by atoms with Crippen molar-refractivity contribution in [1.82, 2.24) is 9.80 Å². The van der Waals surface area contributed by atoms with Gasteiger partial charge in [-0.05, 0) is 51.1 Å². The first-order valence-corrected chi connectivity index (χ1v) is 6.97. The van der Waals surface area contributed by atoms with E-state index in [0.717, 1.165) is 12.0 Å². The van der Waals surface area contributed by atoms with Crippen LogP contribution in [0.4, 0.5) is 0 Å². The molecule has 16 heavy (non-hydrogen) atoms. The van der Waals surface area contributed by atoms with E-state index < -0.39 is 0 Å². The van der Waals surface area contributed by atoms with E-state index in [2.05, 4.69) is 37.5 Å². The molecule has 2 fully saturated rings. The number of likely N-dealkylation sites (tertiary alicyclic amines) is 2. The van der Waals surface area contributed by atoms with E-state index in [0.29, 0.717) is 5.41 Å². The first-order valence-electron chi connectivity index (χ1n) is 6.97. The van der Waals surface area contributed by atoms with Crippen LogP contribution in [-0.4, -0.2) is 48.6 Å². The van der Waals surface area contributed by atoms with Crippen molar-refractivity contribution in [2.24, 2.45) is 11.3 Å². The molecule has 1 spiro atoms. The highest BCUT2D eigenvalue weighted by Crippen LogP contribution is 2.41. The second-order valence-corrected chi connectivity index (χ2v) is 6.69. The standard InChI is InChI=1S/C14H28N2/c1-12(2)9-15-7-5-14(6-8-15)10-16(11-14)13(3)4/h12-13H,5-11H2,1-4H3. The molecule has 94 valence electrons. The van der Waals surface area contributed by atoms with Crippen molar-refractivity contribution in [2.75, 3.05) is 32.7 Å². The molecule has 2 heteroatoms. The maximum absolute atomic E-state index is 2.66. The van der Waals surface area contributed by atoms with Gasteiger partial charge in [0.05, 0.1) is 0 Å². The SMILES string of the molecule is CC(C)CN1CCC2(CC1)CN(C(C)C)C2. The van der Waals surface area contributed by atoms with Crippen molar-refractivity contribution in [3.05, 3.63) is 0 Å². The van der Waals surface area contributed by atoms with E-state index in [4.69, 9.17) is 0 Å². The maximum atomic E-state index is 2.66. The molecule has 0 saturated carbocycles. The fourth-order valence-corrected chi connectivity index (χ4v) is 3.22. The van der Waals surface area contributed by atoms with Crippen LogP contribution < -0.4 is 0 Å². The molecule has 0 N–H and O–H groups in total. The van der Waals surface area contributed by atoms with Crippen LogP contribution in [0.25, 0.3) is 0 Å². The highest BCUT2D eigenvalue weighted by Gasteiger charge is 2.45. The topological polar surface area (TPSA) is 6.48 Å². The quantitative estimate of drug-likeness (QED) is 0.726. The van der Waals surface area contributed by atoms with E-state index in [-0.39, 0.29) is 0 Å². The summed E-state index contributed by atoms with van der Waals surface area (Å²) >= 11 is 0. The van der Waals surface area contributed by atoms with Crippen molar-refractivity contribution in [1.29, 1.82) is 0 Å². The van der Waals surface area contributed by atoms with Crippen LogP contribution in [0, 0.1) is 11.3 Å². The largest absolute Gasteiger partial charge is 0.303 e. The zero-order chi connectivity index (χ0) is 11.8. The Balaban J connectivity index is 1.74. The third-order valence-corrected chi connectivity index (χ3v) is 4.35. The van der Waals surface area contributed by atoms with Gasteiger partial charge in [0.25, 0.3) is 0 Å². The summed E-state index contributed by atoms with van der Waals surface area (Å²) in [7, 11) is 0. The van der Waals surface area contributed by atoms with Crippen molar-refractivity contribution < 1.29 is 0 Å². The van der Waals surface area contributed by atoms with Gasteiger partial charge in [-0.25, -0.2) is 0 Å². The Hall–Kier alpha value is -0.0800. The van der Waals surface area contributed by atoms with E-state index in [1.165, 1.54) is 45.6 Å². The van der Waals surface area contributed by atoms with E-state index in [9.17, 15) is 0 Å². The Bertz CT molecular complexity index is 219. The monoisotopic (exact) mass is 224 g/mol. The number of hydrogen-bond donors (Lipinski definition) is 0. The van der Waals surface area contributed by atoms with Gasteiger partial charge in [-0.2, -0.15) is 0 Å². The second kappa shape index (κ2) is 4.66. The predicted octanol–water partition coefficient (Wildman–Crippen LogP) is 2.45. The summed E-state index contributed by atoms with van der Waals surface area (Å²) in [6, 6.07) is 0.749. The van der Waals surface area contributed by atoms with Crippen LogP contribution >= 0.6 is 0 Å². The minimum atomic E-state index is 0.706. The molecule has 2 aliphatic heterocycles. The van der Waals surface area contributed by atoms with Crippen molar-refractivity contribution in [3.8, 4) is 0 Å². The number of nitrogens with zero attached hydrogens (tertiary/aromatic N) is 2. The van der Waals surface area contributed by atoms with Crippen molar-refractivity contribution in [3.63, 3.8) is 0 Å².